The zero-order valence-corrected chi connectivity index (χ0v) is 9.74. The fraction of sp³-hybridized carbons (Fsp3) is 0.333. The van der Waals surface area contributed by atoms with Crippen LogP contribution in [0.15, 0.2) is 35.6 Å². The highest BCUT2D eigenvalue weighted by atomic mass is 16.5. The van der Waals surface area contributed by atoms with Gasteiger partial charge in [0.15, 0.2) is 11.5 Å². The van der Waals surface area contributed by atoms with Gasteiger partial charge >= 0.3 is 0 Å². The van der Waals surface area contributed by atoms with Gasteiger partial charge in [0, 0.05) is 17.5 Å². The maximum absolute atomic E-state index is 12.2. The van der Waals surface area contributed by atoms with Gasteiger partial charge in [0.1, 0.15) is 5.60 Å². The number of hydrogen-bond acceptors (Lipinski definition) is 3. The summed E-state index contributed by atoms with van der Waals surface area (Å²) < 4.78 is 5.60. The highest BCUT2D eigenvalue weighted by molar-refractivity contribution is 6.26. The minimum Gasteiger partial charge on any atom is -0.483 e. The monoisotopic (exact) mass is 244 g/mol. The summed E-state index contributed by atoms with van der Waals surface area (Å²) in [7, 11) is 0. The van der Waals surface area contributed by atoms with E-state index in [2.05, 4.69) is 0 Å². The number of fused-ring (bicyclic) bond motifs is 1. The van der Waals surface area contributed by atoms with Crippen molar-refractivity contribution < 1.29 is 14.3 Å². The Kier molecular flexibility index (Phi) is 2.65. The molecule has 1 heterocycles. The standard InChI is InChI=1S/C14H12O3.CH4/c1-14(2)7-10-11(15)8-5-3-4-6-9(8)12(16)13(10)17-14;/h3-6H,7H2,1-2H3;1H4. The first-order chi connectivity index (χ1) is 7.99. The molecule has 2 aliphatic rings. The van der Waals surface area contributed by atoms with Crippen molar-refractivity contribution >= 4 is 11.6 Å². The number of allylic oxidation sites excluding steroid dienone is 1. The first-order valence-corrected chi connectivity index (χ1v) is 5.60. The number of carbonyl (C=O) groups is 2. The van der Waals surface area contributed by atoms with E-state index in [9.17, 15) is 9.59 Å². The summed E-state index contributed by atoms with van der Waals surface area (Å²) in [5.41, 5.74) is 1.02. The zero-order valence-electron chi connectivity index (χ0n) is 9.74. The first-order valence-electron chi connectivity index (χ1n) is 5.60. The molecule has 1 aliphatic carbocycles. The number of Topliss-reactive ketones (excluding diaryl/α,β-unsaturated/α-hetero) is 2. The Bertz CT molecular complexity index is 530. The van der Waals surface area contributed by atoms with Gasteiger partial charge in [-0.05, 0) is 13.8 Å². The van der Waals surface area contributed by atoms with Crippen LogP contribution in [0.4, 0.5) is 0 Å². The molecule has 0 saturated carbocycles. The van der Waals surface area contributed by atoms with Gasteiger partial charge in [-0.25, -0.2) is 0 Å². The van der Waals surface area contributed by atoms with Crippen molar-refractivity contribution in [3.8, 4) is 0 Å². The number of rotatable bonds is 0. The number of benzene rings is 1. The molecule has 0 spiro atoms. The van der Waals surface area contributed by atoms with Crippen molar-refractivity contribution in [2.45, 2.75) is 33.3 Å². The second-order valence-electron chi connectivity index (χ2n) is 5.05. The van der Waals surface area contributed by atoms with E-state index in [4.69, 9.17) is 4.74 Å². The van der Waals surface area contributed by atoms with E-state index in [1.165, 1.54) is 0 Å². The largest absolute Gasteiger partial charge is 0.483 e. The van der Waals surface area contributed by atoms with Crippen molar-refractivity contribution in [2.75, 3.05) is 0 Å². The summed E-state index contributed by atoms with van der Waals surface area (Å²) in [5.74, 6) is 0.0141. The van der Waals surface area contributed by atoms with Gasteiger partial charge in [-0.3, -0.25) is 9.59 Å². The summed E-state index contributed by atoms with van der Waals surface area (Å²) in [6, 6.07) is 6.91. The lowest BCUT2D eigenvalue weighted by Gasteiger charge is -2.18. The maximum Gasteiger partial charge on any atom is 0.228 e. The van der Waals surface area contributed by atoms with Crippen LogP contribution in [0.25, 0.3) is 0 Å². The lowest BCUT2D eigenvalue weighted by Crippen LogP contribution is -2.20. The second-order valence-corrected chi connectivity index (χ2v) is 5.05. The van der Waals surface area contributed by atoms with Crippen LogP contribution < -0.4 is 0 Å². The molecule has 3 rings (SSSR count). The molecule has 0 unspecified atom stereocenters. The number of ether oxygens (including phenoxy) is 1. The van der Waals surface area contributed by atoms with E-state index in [0.29, 0.717) is 23.1 Å². The van der Waals surface area contributed by atoms with Gasteiger partial charge in [0.05, 0.1) is 5.57 Å². The normalized spacial score (nSPS) is 19.9. The minimum atomic E-state index is -0.460. The third-order valence-corrected chi connectivity index (χ3v) is 3.15. The molecule has 3 nitrogen and oxygen atoms in total. The highest BCUT2D eigenvalue weighted by Gasteiger charge is 2.43. The van der Waals surface area contributed by atoms with Gasteiger partial charge in [0.2, 0.25) is 5.78 Å². The summed E-state index contributed by atoms with van der Waals surface area (Å²) in [4.78, 5) is 24.4. The van der Waals surface area contributed by atoms with Gasteiger partial charge in [0.25, 0.3) is 0 Å². The number of ketones is 2. The molecule has 1 aromatic carbocycles. The Morgan fingerprint density at radius 2 is 1.61 bits per heavy atom. The van der Waals surface area contributed by atoms with Gasteiger partial charge in [-0.15, -0.1) is 0 Å². The van der Waals surface area contributed by atoms with Crippen LogP contribution in [-0.2, 0) is 4.74 Å². The Balaban J connectivity index is 0.00000120. The maximum atomic E-state index is 12.2. The molecule has 0 N–H and O–H groups in total. The SMILES string of the molecule is C.CC1(C)CC2=C(O1)C(=O)c1ccccc1C2=O. The fourth-order valence-electron chi connectivity index (χ4n) is 2.41. The smallest absolute Gasteiger partial charge is 0.228 e. The highest BCUT2D eigenvalue weighted by Crippen LogP contribution is 2.40. The van der Waals surface area contributed by atoms with E-state index in [1.807, 2.05) is 13.8 Å². The molecule has 0 bridgehead atoms. The van der Waals surface area contributed by atoms with E-state index >= 15 is 0 Å². The van der Waals surface area contributed by atoms with Gasteiger partial charge in [-0.1, -0.05) is 31.7 Å². The first kappa shape index (κ1) is 12.6. The Labute approximate surface area is 106 Å². The van der Waals surface area contributed by atoms with E-state index < -0.39 is 5.60 Å². The van der Waals surface area contributed by atoms with Crippen LogP contribution >= 0.6 is 0 Å². The Morgan fingerprint density at radius 3 is 2.22 bits per heavy atom. The molecule has 0 amide bonds. The Morgan fingerprint density at radius 1 is 1.06 bits per heavy atom. The molecule has 18 heavy (non-hydrogen) atoms. The van der Waals surface area contributed by atoms with E-state index in [-0.39, 0.29) is 24.8 Å². The van der Waals surface area contributed by atoms with Gasteiger partial charge < -0.3 is 4.74 Å². The zero-order chi connectivity index (χ0) is 12.2. The van der Waals surface area contributed by atoms with Crippen molar-refractivity contribution in [1.29, 1.82) is 0 Å². The van der Waals surface area contributed by atoms with Crippen LogP contribution in [0.5, 0.6) is 0 Å². The van der Waals surface area contributed by atoms with Crippen LogP contribution in [0.2, 0.25) is 0 Å². The van der Waals surface area contributed by atoms with Gasteiger partial charge in [-0.2, -0.15) is 0 Å². The lowest BCUT2D eigenvalue weighted by atomic mass is 9.86. The predicted molar refractivity (Wildman–Crippen MR) is 68.6 cm³/mol. The number of hydrogen-bond donors (Lipinski definition) is 0. The molecule has 0 fully saturated rings. The second kappa shape index (κ2) is 3.80. The third-order valence-electron chi connectivity index (χ3n) is 3.15. The predicted octanol–water partition coefficient (Wildman–Crippen LogP) is 3.15. The van der Waals surface area contributed by atoms with E-state index in [1.54, 1.807) is 24.3 Å². The van der Waals surface area contributed by atoms with Crippen molar-refractivity contribution in [3.63, 3.8) is 0 Å². The molecular formula is C15H16O3. The molecule has 94 valence electrons. The topological polar surface area (TPSA) is 43.4 Å². The lowest BCUT2D eigenvalue weighted by molar-refractivity contribution is 0.0510. The summed E-state index contributed by atoms with van der Waals surface area (Å²) in [5, 5.41) is 0. The molecule has 0 radical (unpaired) electrons. The molecule has 1 aromatic rings. The molecule has 0 saturated heterocycles. The summed E-state index contributed by atoms with van der Waals surface area (Å²) >= 11 is 0. The van der Waals surface area contributed by atoms with Crippen molar-refractivity contribution in [3.05, 3.63) is 46.7 Å². The van der Waals surface area contributed by atoms with Crippen LogP contribution in [-0.4, -0.2) is 17.2 Å². The molecular weight excluding hydrogens is 228 g/mol. The van der Waals surface area contributed by atoms with Crippen LogP contribution in [0.1, 0.15) is 48.4 Å². The minimum absolute atomic E-state index is 0. The quantitative estimate of drug-likeness (QED) is 0.704. The fourth-order valence-corrected chi connectivity index (χ4v) is 2.41. The van der Waals surface area contributed by atoms with E-state index in [0.717, 1.165) is 0 Å². The van der Waals surface area contributed by atoms with Crippen LogP contribution in [0.3, 0.4) is 0 Å². The third kappa shape index (κ3) is 1.58. The summed E-state index contributed by atoms with van der Waals surface area (Å²) in [6.07, 6.45) is 0.501. The summed E-state index contributed by atoms with van der Waals surface area (Å²) in [6.45, 7) is 3.77. The molecule has 0 atom stereocenters. The van der Waals surface area contributed by atoms with Crippen LogP contribution in [0, 0.1) is 0 Å². The molecule has 0 aromatic heterocycles. The van der Waals surface area contributed by atoms with Crippen molar-refractivity contribution in [1.82, 2.24) is 0 Å². The average molecular weight is 244 g/mol. The van der Waals surface area contributed by atoms with Crippen molar-refractivity contribution in [2.24, 2.45) is 0 Å². The number of carbonyl (C=O) groups excluding carboxylic acids is 2. The molecule has 3 heteroatoms. The Hall–Kier alpha value is -1.90. The molecule has 1 aliphatic heterocycles. The average Bonchev–Trinajstić information content (AvgIpc) is 2.63.